The second-order valence-corrected chi connectivity index (χ2v) is 9.76. The number of halogens is 6. The summed E-state index contributed by atoms with van der Waals surface area (Å²) in [5.41, 5.74) is 2.80. The van der Waals surface area contributed by atoms with E-state index in [1.165, 1.54) is 30.3 Å². The van der Waals surface area contributed by atoms with E-state index in [0.29, 0.717) is 23.6 Å². The third-order valence-corrected chi connectivity index (χ3v) is 6.51. The molecule has 0 spiro atoms. The maximum Gasteiger partial charge on any atom is 0.416 e. The van der Waals surface area contributed by atoms with Crippen LogP contribution in [-0.4, -0.2) is 33.3 Å². The van der Waals surface area contributed by atoms with E-state index < -0.39 is 35.0 Å². The molecule has 1 fully saturated rings. The molecule has 0 atom stereocenters. The SMILES string of the molecule is CC1CN(Sc2cccc(/C(=C\c3ccnc(-c4cc(C(F)(F)F)cc(C(F)(F)F)c4)n3)C(N)=O)c2)C1. The van der Waals surface area contributed by atoms with Crippen LogP contribution >= 0.6 is 11.9 Å². The topological polar surface area (TPSA) is 72.1 Å². The van der Waals surface area contributed by atoms with Gasteiger partial charge in [-0.2, -0.15) is 26.3 Å². The fraction of sp³-hybridized carbons (Fsp3) is 0.240. The molecule has 37 heavy (non-hydrogen) atoms. The standard InChI is InChI=1S/C25H20F6N4OS/c1-14-12-35(13-14)37-20-4-2-3-15(9-20)21(22(32)36)11-19-5-6-33-23(34-19)16-7-17(24(26,27)28)10-18(8-16)25(29,30)31/h2-11,14H,12-13H2,1H3,(H2,32,36)/b21-11+. The molecular formula is C25H20F6N4OS. The summed E-state index contributed by atoms with van der Waals surface area (Å²) in [7, 11) is 0. The Kier molecular flexibility index (Phi) is 7.33. The zero-order valence-electron chi connectivity index (χ0n) is 19.3. The molecule has 3 aromatic rings. The molecule has 4 rings (SSSR count). The van der Waals surface area contributed by atoms with E-state index in [4.69, 9.17) is 5.73 Å². The summed E-state index contributed by atoms with van der Waals surface area (Å²) < 4.78 is 81.7. The lowest BCUT2D eigenvalue weighted by molar-refractivity contribution is -0.143. The maximum atomic E-state index is 13.3. The average molecular weight is 539 g/mol. The third-order valence-electron chi connectivity index (χ3n) is 5.49. The minimum absolute atomic E-state index is 0.0320. The Morgan fingerprint density at radius 2 is 1.68 bits per heavy atom. The molecule has 194 valence electrons. The van der Waals surface area contributed by atoms with Crippen LogP contribution in [0.25, 0.3) is 23.0 Å². The van der Waals surface area contributed by atoms with Crippen LogP contribution in [0, 0.1) is 5.92 Å². The van der Waals surface area contributed by atoms with Crippen LogP contribution in [0.1, 0.15) is 29.3 Å². The van der Waals surface area contributed by atoms with Crippen LogP contribution in [0.4, 0.5) is 26.3 Å². The predicted molar refractivity (Wildman–Crippen MR) is 128 cm³/mol. The van der Waals surface area contributed by atoms with Gasteiger partial charge in [0.1, 0.15) is 0 Å². The third kappa shape index (κ3) is 6.50. The molecule has 0 bridgehead atoms. The summed E-state index contributed by atoms with van der Waals surface area (Å²) in [5.74, 6) is -0.545. The number of nitrogens with two attached hydrogens (primary N) is 1. The van der Waals surface area contributed by atoms with Gasteiger partial charge in [-0.05, 0) is 65.9 Å². The second-order valence-electron chi connectivity index (χ2n) is 8.59. The summed E-state index contributed by atoms with van der Waals surface area (Å²) in [6.07, 6.45) is -7.52. The second kappa shape index (κ2) is 10.2. The van der Waals surface area contributed by atoms with Crippen molar-refractivity contribution >= 4 is 29.5 Å². The Labute approximate surface area is 212 Å². The van der Waals surface area contributed by atoms with Gasteiger partial charge in [0.15, 0.2) is 5.82 Å². The molecule has 0 aliphatic carbocycles. The molecule has 2 N–H and O–H groups in total. The Morgan fingerprint density at radius 1 is 1.03 bits per heavy atom. The maximum absolute atomic E-state index is 13.3. The molecule has 0 saturated carbocycles. The Morgan fingerprint density at radius 3 is 2.24 bits per heavy atom. The first kappa shape index (κ1) is 26.7. The smallest absolute Gasteiger partial charge is 0.366 e. The summed E-state index contributed by atoms with van der Waals surface area (Å²) >= 11 is 1.53. The average Bonchev–Trinajstić information content (AvgIpc) is 2.80. The van der Waals surface area contributed by atoms with Gasteiger partial charge in [0.05, 0.1) is 16.8 Å². The lowest BCUT2D eigenvalue weighted by Crippen LogP contribution is -2.39. The quantitative estimate of drug-likeness (QED) is 0.231. The van der Waals surface area contributed by atoms with Gasteiger partial charge in [0.25, 0.3) is 0 Å². The van der Waals surface area contributed by atoms with Gasteiger partial charge in [-0.3, -0.25) is 4.79 Å². The van der Waals surface area contributed by atoms with Gasteiger partial charge in [-0.15, -0.1) is 0 Å². The van der Waals surface area contributed by atoms with Crippen LogP contribution < -0.4 is 5.73 Å². The zero-order valence-corrected chi connectivity index (χ0v) is 20.1. The fourth-order valence-electron chi connectivity index (χ4n) is 3.71. The van der Waals surface area contributed by atoms with E-state index in [1.54, 1.807) is 18.2 Å². The van der Waals surface area contributed by atoms with Crippen LogP contribution in [-0.2, 0) is 17.1 Å². The van der Waals surface area contributed by atoms with Crippen LogP contribution in [0.5, 0.6) is 0 Å². The van der Waals surface area contributed by atoms with E-state index in [9.17, 15) is 31.1 Å². The fourth-order valence-corrected chi connectivity index (χ4v) is 4.98. The molecular weight excluding hydrogens is 518 g/mol. The number of hydrogen-bond acceptors (Lipinski definition) is 5. The lowest BCUT2D eigenvalue weighted by Gasteiger charge is -2.35. The Bertz CT molecular complexity index is 1320. The number of benzene rings is 2. The Hall–Kier alpha value is -3.38. The van der Waals surface area contributed by atoms with Crippen molar-refractivity contribution < 1.29 is 31.1 Å². The number of primary amides is 1. The minimum atomic E-state index is -5.01. The molecule has 2 aromatic carbocycles. The summed E-state index contributed by atoms with van der Waals surface area (Å²) in [6.45, 7) is 4.01. The van der Waals surface area contributed by atoms with E-state index >= 15 is 0 Å². The number of nitrogens with zero attached hydrogens (tertiary/aromatic N) is 3. The molecule has 12 heteroatoms. The minimum Gasteiger partial charge on any atom is -0.366 e. The van der Waals surface area contributed by atoms with E-state index in [1.807, 2.05) is 6.07 Å². The highest BCUT2D eigenvalue weighted by Crippen LogP contribution is 2.38. The Balaban J connectivity index is 1.71. The summed E-state index contributed by atoms with van der Waals surface area (Å²) in [4.78, 5) is 21.1. The van der Waals surface area contributed by atoms with Crippen molar-refractivity contribution in [2.75, 3.05) is 13.1 Å². The number of carbonyl (C=O) groups excluding carboxylic acids is 1. The largest absolute Gasteiger partial charge is 0.416 e. The molecule has 0 unspecified atom stereocenters. The van der Waals surface area contributed by atoms with Crippen molar-refractivity contribution in [3.05, 3.63) is 77.1 Å². The molecule has 2 heterocycles. The van der Waals surface area contributed by atoms with Crippen LogP contribution in [0.3, 0.4) is 0 Å². The number of amides is 1. The monoisotopic (exact) mass is 538 g/mol. The van der Waals surface area contributed by atoms with Crippen molar-refractivity contribution in [1.82, 2.24) is 14.3 Å². The molecule has 1 aliphatic heterocycles. The van der Waals surface area contributed by atoms with E-state index in [2.05, 4.69) is 21.2 Å². The van der Waals surface area contributed by atoms with Crippen LogP contribution in [0.15, 0.2) is 59.6 Å². The van der Waals surface area contributed by atoms with Crippen molar-refractivity contribution in [3.8, 4) is 11.4 Å². The number of carbonyl (C=O) groups is 1. The summed E-state index contributed by atoms with van der Waals surface area (Å²) in [6, 6.07) is 9.57. The highest BCUT2D eigenvalue weighted by molar-refractivity contribution is 7.97. The molecule has 1 aliphatic rings. The van der Waals surface area contributed by atoms with Crippen molar-refractivity contribution in [2.45, 2.75) is 24.2 Å². The van der Waals surface area contributed by atoms with Crippen LogP contribution in [0.2, 0.25) is 0 Å². The van der Waals surface area contributed by atoms with Gasteiger partial charge >= 0.3 is 12.4 Å². The number of rotatable bonds is 6. The first-order valence-corrected chi connectivity index (χ1v) is 11.7. The van der Waals surface area contributed by atoms with E-state index in [-0.39, 0.29) is 23.2 Å². The number of hydrogen-bond donors (Lipinski definition) is 1. The molecule has 1 aromatic heterocycles. The van der Waals surface area contributed by atoms with Gasteiger partial charge < -0.3 is 5.73 Å². The number of aromatic nitrogens is 2. The molecule has 5 nitrogen and oxygen atoms in total. The van der Waals surface area contributed by atoms with Gasteiger partial charge in [-0.1, -0.05) is 19.1 Å². The van der Waals surface area contributed by atoms with Crippen molar-refractivity contribution in [1.29, 1.82) is 0 Å². The highest BCUT2D eigenvalue weighted by Gasteiger charge is 2.37. The predicted octanol–water partition coefficient (Wildman–Crippen LogP) is 6.17. The van der Waals surface area contributed by atoms with E-state index in [0.717, 1.165) is 18.0 Å². The lowest BCUT2D eigenvalue weighted by atomic mass is 10.0. The molecule has 0 radical (unpaired) electrons. The van der Waals surface area contributed by atoms with Gasteiger partial charge in [0.2, 0.25) is 5.91 Å². The summed E-state index contributed by atoms with van der Waals surface area (Å²) in [5, 5.41) is 0. The molecule has 1 amide bonds. The first-order valence-electron chi connectivity index (χ1n) is 11.0. The first-order chi connectivity index (χ1) is 17.3. The van der Waals surface area contributed by atoms with Crippen molar-refractivity contribution in [3.63, 3.8) is 0 Å². The molecule has 1 saturated heterocycles. The van der Waals surface area contributed by atoms with Gasteiger partial charge in [-0.25, -0.2) is 14.3 Å². The zero-order chi connectivity index (χ0) is 27.0. The highest BCUT2D eigenvalue weighted by atomic mass is 32.2. The van der Waals surface area contributed by atoms with Crippen molar-refractivity contribution in [2.24, 2.45) is 11.7 Å². The van der Waals surface area contributed by atoms with Gasteiger partial charge in [0, 0.05) is 35.3 Å². The normalized spacial score (nSPS) is 15.5. The number of alkyl halides is 6.